The number of aromatic nitrogens is 1. The minimum atomic E-state index is -0.191. The van der Waals surface area contributed by atoms with Crippen molar-refractivity contribution >= 4 is 34.6 Å². The monoisotopic (exact) mass is 397 g/mol. The summed E-state index contributed by atoms with van der Waals surface area (Å²) in [7, 11) is 4.82. The maximum Gasteiger partial charge on any atom is 0.276 e. The Bertz CT molecular complexity index is 963. The molecule has 0 aliphatic carbocycles. The third-order valence-electron chi connectivity index (χ3n) is 4.18. The van der Waals surface area contributed by atoms with E-state index < -0.39 is 0 Å². The lowest BCUT2D eigenvalue weighted by Gasteiger charge is -2.17. The van der Waals surface area contributed by atoms with Gasteiger partial charge in [-0.25, -0.2) is 4.98 Å². The van der Waals surface area contributed by atoms with E-state index in [1.807, 2.05) is 30.3 Å². The molecular formula is C21H20ClN3O3. The molecule has 6 nitrogen and oxygen atoms in total. The van der Waals surface area contributed by atoms with Crippen LogP contribution in [-0.2, 0) is 0 Å². The number of nitrogens with zero attached hydrogens (tertiary/aromatic N) is 2. The number of methoxy groups -OCH3 is 2. The van der Waals surface area contributed by atoms with Gasteiger partial charge in [0.15, 0.2) is 0 Å². The van der Waals surface area contributed by atoms with Crippen LogP contribution in [0.2, 0.25) is 5.02 Å². The number of amides is 1. The van der Waals surface area contributed by atoms with E-state index >= 15 is 0 Å². The van der Waals surface area contributed by atoms with Gasteiger partial charge in [-0.2, -0.15) is 0 Å². The van der Waals surface area contributed by atoms with E-state index in [0.717, 1.165) is 5.69 Å². The molecule has 0 fully saturated rings. The van der Waals surface area contributed by atoms with Crippen LogP contribution in [0.1, 0.15) is 10.5 Å². The van der Waals surface area contributed by atoms with Gasteiger partial charge in [-0.3, -0.25) is 4.79 Å². The molecule has 0 atom stereocenters. The molecule has 1 aromatic heterocycles. The van der Waals surface area contributed by atoms with E-state index in [-0.39, 0.29) is 5.91 Å². The summed E-state index contributed by atoms with van der Waals surface area (Å²) >= 11 is 6.13. The van der Waals surface area contributed by atoms with Gasteiger partial charge in [-0.1, -0.05) is 29.8 Å². The highest BCUT2D eigenvalue weighted by atomic mass is 35.5. The number of carbonyl (C=O) groups is 1. The molecule has 28 heavy (non-hydrogen) atoms. The molecule has 3 aromatic rings. The third-order valence-corrected chi connectivity index (χ3v) is 4.48. The summed E-state index contributed by atoms with van der Waals surface area (Å²) in [5.74, 6) is 0.896. The minimum absolute atomic E-state index is 0.191. The van der Waals surface area contributed by atoms with E-state index in [9.17, 15) is 4.79 Å². The summed E-state index contributed by atoms with van der Waals surface area (Å²) in [5, 5.41) is 3.65. The van der Waals surface area contributed by atoms with Crippen molar-refractivity contribution < 1.29 is 14.3 Å². The Morgan fingerprint density at radius 1 is 1.04 bits per heavy atom. The first-order valence-electron chi connectivity index (χ1n) is 8.51. The number of rotatable bonds is 6. The van der Waals surface area contributed by atoms with Crippen molar-refractivity contribution in [3.63, 3.8) is 0 Å². The van der Waals surface area contributed by atoms with Gasteiger partial charge in [-0.05, 0) is 24.3 Å². The fraction of sp³-hybridized carbons (Fsp3) is 0.143. The molecular weight excluding hydrogens is 378 g/mol. The Labute approximate surface area is 168 Å². The van der Waals surface area contributed by atoms with E-state index in [1.165, 1.54) is 0 Å². The van der Waals surface area contributed by atoms with E-state index in [0.29, 0.717) is 33.6 Å². The molecule has 144 valence electrons. The van der Waals surface area contributed by atoms with Crippen LogP contribution in [-0.4, -0.2) is 32.2 Å². The summed E-state index contributed by atoms with van der Waals surface area (Å²) in [4.78, 5) is 18.5. The van der Waals surface area contributed by atoms with Crippen LogP contribution in [0.4, 0.5) is 17.1 Å². The SMILES string of the molecule is COc1cc(Nc2ccc(C(=O)N(C)c3ccccc3)nc2)c(OC)cc1Cl. The number of carbonyl (C=O) groups excluding carboxylic acids is 1. The van der Waals surface area contributed by atoms with Gasteiger partial charge in [-0.15, -0.1) is 0 Å². The van der Waals surface area contributed by atoms with Crippen molar-refractivity contribution in [1.29, 1.82) is 0 Å². The van der Waals surface area contributed by atoms with Gasteiger partial charge < -0.3 is 19.7 Å². The molecule has 1 N–H and O–H groups in total. The molecule has 0 aliphatic heterocycles. The lowest BCUT2D eigenvalue weighted by molar-refractivity contribution is 0.0988. The second-order valence-electron chi connectivity index (χ2n) is 5.94. The van der Waals surface area contributed by atoms with Crippen molar-refractivity contribution in [2.24, 2.45) is 0 Å². The Hall–Kier alpha value is -3.25. The summed E-state index contributed by atoms with van der Waals surface area (Å²) < 4.78 is 10.6. The molecule has 2 aromatic carbocycles. The van der Waals surface area contributed by atoms with Crippen LogP contribution in [0.25, 0.3) is 0 Å². The van der Waals surface area contributed by atoms with Crippen LogP contribution in [0.3, 0.4) is 0 Å². The minimum Gasteiger partial charge on any atom is -0.495 e. The summed E-state index contributed by atoms with van der Waals surface area (Å²) in [5.41, 5.74) is 2.51. The topological polar surface area (TPSA) is 63.7 Å². The van der Waals surface area contributed by atoms with Gasteiger partial charge in [0.05, 0.1) is 36.8 Å². The zero-order chi connectivity index (χ0) is 20.1. The summed E-state index contributed by atoms with van der Waals surface area (Å²) in [6.45, 7) is 0. The predicted molar refractivity (Wildman–Crippen MR) is 111 cm³/mol. The normalized spacial score (nSPS) is 10.3. The number of hydrogen-bond acceptors (Lipinski definition) is 5. The standard InChI is InChI=1S/C21H20ClN3O3/c1-25(15-7-5-4-6-8-15)21(26)17-10-9-14(13-23-17)24-18-12-19(27-2)16(22)11-20(18)28-3/h4-13,24H,1-3H3. The number of anilines is 3. The molecule has 0 aliphatic rings. The van der Waals surface area contributed by atoms with Crippen molar-refractivity contribution in [1.82, 2.24) is 4.98 Å². The van der Waals surface area contributed by atoms with Crippen LogP contribution < -0.4 is 19.7 Å². The second-order valence-corrected chi connectivity index (χ2v) is 6.35. The van der Waals surface area contributed by atoms with E-state index in [2.05, 4.69) is 10.3 Å². The summed E-state index contributed by atoms with van der Waals surface area (Å²) in [6.07, 6.45) is 1.59. The quantitative estimate of drug-likeness (QED) is 0.649. The molecule has 0 spiro atoms. The van der Waals surface area contributed by atoms with Gasteiger partial charge in [0.1, 0.15) is 17.2 Å². The van der Waals surface area contributed by atoms with Crippen LogP contribution >= 0.6 is 11.6 Å². The molecule has 3 rings (SSSR count). The molecule has 0 bridgehead atoms. The van der Waals surface area contributed by atoms with E-state index in [1.54, 1.807) is 56.6 Å². The van der Waals surface area contributed by atoms with Crippen molar-refractivity contribution in [3.05, 3.63) is 71.5 Å². The molecule has 0 saturated carbocycles. The Morgan fingerprint density at radius 3 is 2.36 bits per heavy atom. The smallest absolute Gasteiger partial charge is 0.276 e. The molecule has 7 heteroatoms. The predicted octanol–water partition coefficient (Wildman–Crippen LogP) is 4.77. The maximum absolute atomic E-state index is 12.6. The lowest BCUT2D eigenvalue weighted by Crippen LogP contribution is -2.26. The molecule has 0 saturated heterocycles. The first kappa shape index (κ1) is 19.5. The van der Waals surface area contributed by atoms with Crippen LogP contribution in [0.5, 0.6) is 11.5 Å². The van der Waals surface area contributed by atoms with Crippen LogP contribution in [0, 0.1) is 0 Å². The van der Waals surface area contributed by atoms with Crippen molar-refractivity contribution in [2.45, 2.75) is 0 Å². The highest BCUT2D eigenvalue weighted by Gasteiger charge is 2.15. The van der Waals surface area contributed by atoms with Crippen molar-refractivity contribution in [3.8, 4) is 11.5 Å². The molecule has 1 amide bonds. The van der Waals surface area contributed by atoms with Gasteiger partial charge in [0, 0.05) is 24.9 Å². The number of hydrogen-bond donors (Lipinski definition) is 1. The fourth-order valence-corrected chi connectivity index (χ4v) is 2.88. The average molecular weight is 398 g/mol. The molecule has 0 radical (unpaired) electrons. The first-order chi connectivity index (χ1) is 13.5. The number of nitrogens with one attached hydrogen (secondary N) is 1. The number of halogens is 1. The highest BCUT2D eigenvalue weighted by molar-refractivity contribution is 6.32. The largest absolute Gasteiger partial charge is 0.495 e. The number of benzene rings is 2. The van der Waals surface area contributed by atoms with Crippen molar-refractivity contribution in [2.75, 3.05) is 31.5 Å². The van der Waals surface area contributed by atoms with Gasteiger partial charge in [0.2, 0.25) is 0 Å². The fourth-order valence-electron chi connectivity index (χ4n) is 2.65. The zero-order valence-electron chi connectivity index (χ0n) is 15.8. The Morgan fingerprint density at radius 2 is 1.75 bits per heavy atom. The van der Waals surface area contributed by atoms with Crippen LogP contribution in [0.15, 0.2) is 60.8 Å². The third kappa shape index (κ3) is 4.18. The average Bonchev–Trinajstić information content (AvgIpc) is 2.74. The number of ether oxygens (including phenoxy) is 2. The Kier molecular flexibility index (Phi) is 6.01. The number of pyridine rings is 1. The van der Waals surface area contributed by atoms with Gasteiger partial charge in [0.25, 0.3) is 5.91 Å². The van der Waals surface area contributed by atoms with E-state index in [4.69, 9.17) is 21.1 Å². The summed E-state index contributed by atoms with van der Waals surface area (Å²) in [6, 6.07) is 16.3. The second kappa shape index (κ2) is 8.63. The highest BCUT2D eigenvalue weighted by Crippen LogP contribution is 2.37. The van der Waals surface area contributed by atoms with Gasteiger partial charge >= 0.3 is 0 Å². The Balaban J connectivity index is 1.79. The maximum atomic E-state index is 12.6. The number of para-hydroxylation sites is 1. The molecule has 1 heterocycles. The molecule has 0 unspecified atom stereocenters. The first-order valence-corrected chi connectivity index (χ1v) is 8.89. The lowest BCUT2D eigenvalue weighted by atomic mass is 10.2. The zero-order valence-corrected chi connectivity index (χ0v) is 16.5.